The minimum atomic E-state index is 0.146. The Morgan fingerprint density at radius 1 is 1.19 bits per heavy atom. The van der Waals surface area contributed by atoms with Crippen LogP contribution in [0.15, 0.2) is 24.4 Å². The minimum absolute atomic E-state index is 0.146. The molecule has 2 aromatic heterocycles. The summed E-state index contributed by atoms with van der Waals surface area (Å²) in [7, 11) is 0. The summed E-state index contributed by atoms with van der Waals surface area (Å²) in [6.45, 7) is 8.56. The van der Waals surface area contributed by atoms with Crippen molar-refractivity contribution in [3.05, 3.63) is 35.7 Å². The second kappa shape index (κ2) is 3.74. The molecule has 0 fully saturated rings. The van der Waals surface area contributed by atoms with E-state index < -0.39 is 0 Å². The van der Waals surface area contributed by atoms with Gasteiger partial charge in [0.15, 0.2) is 0 Å². The van der Waals surface area contributed by atoms with Crippen LogP contribution in [-0.2, 0) is 5.41 Å². The summed E-state index contributed by atoms with van der Waals surface area (Å²) in [6, 6.07) is 6.19. The van der Waals surface area contributed by atoms with Crippen molar-refractivity contribution in [1.29, 1.82) is 0 Å². The van der Waals surface area contributed by atoms with E-state index in [0.29, 0.717) is 0 Å². The quantitative estimate of drug-likeness (QED) is 0.794. The molecule has 3 nitrogen and oxygen atoms in total. The van der Waals surface area contributed by atoms with Crippen LogP contribution in [0.4, 0.5) is 0 Å². The van der Waals surface area contributed by atoms with Crippen molar-refractivity contribution in [2.75, 3.05) is 0 Å². The van der Waals surface area contributed by atoms with Crippen LogP contribution in [0.25, 0.3) is 11.4 Å². The van der Waals surface area contributed by atoms with Gasteiger partial charge in [-0.15, -0.1) is 0 Å². The van der Waals surface area contributed by atoms with Crippen molar-refractivity contribution >= 4 is 0 Å². The molecular weight excluding hydrogens is 198 g/mol. The third kappa shape index (κ3) is 2.13. The molecule has 0 atom stereocenters. The molecular formula is C13H17N3. The summed E-state index contributed by atoms with van der Waals surface area (Å²) < 4.78 is 0. The monoisotopic (exact) mass is 215 g/mol. The SMILES string of the molecule is Cc1cc(-c2cc(C(C)(C)C)ccn2)[nH]n1. The molecule has 0 radical (unpaired) electrons. The zero-order valence-corrected chi connectivity index (χ0v) is 10.2. The Labute approximate surface area is 95.9 Å². The Morgan fingerprint density at radius 2 is 1.94 bits per heavy atom. The molecule has 0 unspecified atom stereocenters. The highest BCUT2D eigenvalue weighted by atomic mass is 15.1. The van der Waals surface area contributed by atoms with Crippen LogP contribution in [0.1, 0.15) is 32.0 Å². The normalized spacial score (nSPS) is 11.8. The molecule has 2 aromatic rings. The number of aryl methyl sites for hydroxylation is 1. The Morgan fingerprint density at radius 3 is 2.50 bits per heavy atom. The van der Waals surface area contributed by atoms with Crippen molar-refractivity contribution in [3.63, 3.8) is 0 Å². The van der Waals surface area contributed by atoms with E-state index in [1.165, 1.54) is 5.56 Å². The van der Waals surface area contributed by atoms with Gasteiger partial charge in [0.05, 0.1) is 17.1 Å². The van der Waals surface area contributed by atoms with Crippen LogP contribution >= 0.6 is 0 Å². The smallest absolute Gasteiger partial charge is 0.0883 e. The lowest BCUT2D eigenvalue weighted by molar-refractivity contribution is 0.589. The second-order valence-electron chi connectivity index (χ2n) is 5.10. The van der Waals surface area contributed by atoms with Gasteiger partial charge >= 0.3 is 0 Å². The first kappa shape index (κ1) is 10.9. The number of pyridine rings is 1. The van der Waals surface area contributed by atoms with Crippen molar-refractivity contribution in [2.24, 2.45) is 0 Å². The molecule has 16 heavy (non-hydrogen) atoms. The van der Waals surface area contributed by atoms with Gasteiger partial charge in [-0.25, -0.2) is 0 Å². The summed E-state index contributed by atoms with van der Waals surface area (Å²) in [5, 5.41) is 7.11. The molecule has 2 heterocycles. The van der Waals surface area contributed by atoms with E-state index in [0.717, 1.165) is 17.1 Å². The number of rotatable bonds is 1. The average Bonchev–Trinajstić information content (AvgIpc) is 2.64. The largest absolute Gasteiger partial charge is 0.276 e. The predicted molar refractivity (Wildman–Crippen MR) is 65.3 cm³/mol. The van der Waals surface area contributed by atoms with E-state index in [2.05, 4.69) is 48.1 Å². The van der Waals surface area contributed by atoms with Crippen LogP contribution < -0.4 is 0 Å². The molecule has 0 saturated carbocycles. The van der Waals surface area contributed by atoms with E-state index in [-0.39, 0.29) is 5.41 Å². The number of hydrogen-bond donors (Lipinski definition) is 1. The predicted octanol–water partition coefficient (Wildman–Crippen LogP) is 3.08. The van der Waals surface area contributed by atoms with Crippen molar-refractivity contribution < 1.29 is 0 Å². The number of nitrogens with zero attached hydrogens (tertiary/aromatic N) is 2. The number of aromatic nitrogens is 3. The number of aromatic amines is 1. The van der Waals surface area contributed by atoms with E-state index >= 15 is 0 Å². The maximum Gasteiger partial charge on any atom is 0.0883 e. The third-order valence-corrected chi connectivity index (χ3v) is 2.61. The van der Waals surface area contributed by atoms with Crippen molar-refractivity contribution in [1.82, 2.24) is 15.2 Å². The average molecular weight is 215 g/mol. The van der Waals surface area contributed by atoms with Crippen LogP contribution in [-0.4, -0.2) is 15.2 Å². The lowest BCUT2D eigenvalue weighted by Crippen LogP contribution is -2.11. The zero-order valence-electron chi connectivity index (χ0n) is 10.2. The van der Waals surface area contributed by atoms with Crippen molar-refractivity contribution in [3.8, 4) is 11.4 Å². The highest BCUT2D eigenvalue weighted by Gasteiger charge is 2.14. The number of hydrogen-bond acceptors (Lipinski definition) is 2. The fourth-order valence-corrected chi connectivity index (χ4v) is 1.60. The first-order chi connectivity index (χ1) is 7.47. The van der Waals surface area contributed by atoms with Gasteiger partial charge in [0.2, 0.25) is 0 Å². The Hall–Kier alpha value is -1.64. The molecule has 0 aliphatic rings. The lowest BCUT2D eigenvalue weighted by atomic mass is 9.87. The topological polar surface area (TPSA) is 41.6 Å². The maximum absolute atomic E-state index is 4.37. The summed E-state index contributed by atoms with van der Waals surface area (Å²) in [5.41, 5.74) is 4.34. The molecule has 1 N–H and O–H groups in total. The van der Waals surface area contributed by atoms with Gasteiger partial charge < -0.3 is 0 Å². The molecule has 0 aliphatic carbocycles. The van der Waals surface area contributed by atoms with Gasteiger partial charge in [-0.3, -0.25) is 10.1 Å². The number of H-pyrrole nitrogens is 1. The van der Waals surface area contributed by atoms with Crippen LogP contribution in [0.5, 0.6) is 0 Å². The molecule has 0 saturated heterocycles. The van der Waals surface area contributed by atoms with Crippen molar-refractivity contribution in [2.45, 2.75) is 33.1 Å². The maximum atomic E-state index is 4.37. The van der Waals surface area contributed by atoms with Gasteiger partial charge in [0, 0.05) is 6.20 Å². The van der Waals surface area contributed by atoms with E-state index in [1.807, 2.05) is 19.2 Å². The fourth-order valence-electron chi connectivity index (χ4n) is 1.60. The van der Waals surface area contributed by atoms with Crippen LogP contribution in [0.2, 0.25) is 0 Å². The fraction of sp³-hybridized carbons (Fsp3) is 0.385. The summed E-state index contributed by atoms with van der Waals surface area (Å²) in [6.07, 6.45) is 1.85. The molecule has 0 amide bonds. The van der Waals surface area contributed by atoms with Gasteiger partial charge in [0.1, 0.15) is 0 Å². The van der Waals surface area contributed by atoms with Crippen LogP contribution in [0.3, 0.4) is 0 Å². The summed E-state index contributed by atoms with van der Waals surface area (Å²) in [5.74, 6) is 0. The Balaban J connectivity index is 2.44. The van der Waals surface area contributed by atoms with Gasteiger partial charge in [-0.2, -0.15) is 5.10 Å². The Bertz CT molecular complexity index is 492. The summed E-state index contributed by atoms with van der Waals surface area (Å²) >= 11 is 0. The van der Waals surface area contributed by atoms with Crippen LogP contribution in [0, 0.1) is 6.92 Å². The molecule has 0 bridgehead atoms. The molecule has 84 valence electrons. The third-order valence-electron chi connectivity index (χ3n) is 2.61. The van der Waals surface area contributed by atoms with Gasteiger partial charge in [-0.1, -0.05) is 20.8 Å². The number of nitrogens with one attached hydrogen (secondary N) is 1. The molecule has 0 spiro atoms. The highest BCUT2D eigenvalue weighted by molar-refractivity contribution is 5.55. The molecule has 0 aromatic carbocycles. The van der Waals surface area contributed by atoms with Gasteiger partial charge in [-0.05, 0) is 36.1 Å². The zero-order chi connectivity index (χ0) is 11.8. The lowest BCUT2D eigenvalue weighted by Gasteiger charge is -2.19. The highest BCUT2D eigenvalue weighted by Crippen LogP contribution is 2.25. The first-order valence-corrected chi connectivity index (χ1v) is 5.46. The second-order valence-corrected chi connectivity index (χ2v) is 5.10. The van der Waals surface area contributed by atoms with E-state index in [1.54, 1.807) is 0 Å². The minimum Gasteiger partial charge on any atom is -0.276 e. The Kier molecular flexibility index (Phi) is 2.54. The van der Waals surface area contributed by atoms with E-state index in [9.17, 15) is 0 Å². The molecule has 3 heteroatoms. The summed E-state index contributed by atoms with van der Waals surface area (Å²) in [4.78, 5) is 4.37. The van der Waals surface area contributed by atoms with E-state index in [4.69, 9.17) is 0 Å². The molecule has 0 aliphatic heterocycles. The van der Waals surface area contributed by atoms with Gasteiger partial charge in [0.25, 0.3) is 0 Å². The first-order valence-electron chi connectivity index (χ1n) is 5.46. The standard InChI is InChI=1S/C13H17N3/c1-9-7-12(16-15-9)11-8-10(5-6-14-11)13(2,3)4/h5-8H,1-4H3,(H,15,16). The molecule has 2 rings (SSSR count).